The molecular weight excluding hydrogens is 260 g/mol. The molecule has 1 heterocycles. The summed E-state index contributed by atoms with van der Waals surface area (Å²) in [7, 11) is 4.46. The fourth-order valence-corrected chi connectivity index (χ4v) is 3.39. The minimum absolute atomic E-state index is 0.283. The van der Waals surface area contributed by atoms with Crippen molar-refractivity contribution < 1.29 is 0 Å². The average molecular weight is 292 g/mol. The van der Waals surface area contributed by atoms with Crippen LogP contribution in [0.3, 0.4) is 0 Å². The van der Waals surface area contributed by atoms with E-state index in [1.165, 1.54) is 38.8 Å². The molecule has 0 aromatic rings. The van der Waals surface area contributed by atoms with Crippen molar-refractivity contribution in [2.24, 2.45) is 0 Å². The third kappa shape index (κ3) is 4.95. The molecule has 0 aromatic carbocycles. The highest BCUT2D eigenvalue weighted by Gasteiger charge is 2.34. The van der Waals surface area contributed by atoms with Gasteiger partial charge in [0, 0.05) is 12.1 Å². The van der Waals surface area contributed by atoms with Gasteiger partial charge in [0.25, 0.3) is 0 Å². The second-order valence-electron chi connectivity index (χ2n) is 7.08. The summed E-state index contributed by atoms with van der Waals surface area (Å²) >= 11 is 0. The van der Waals surface area contributed by atoms with Crippen LogP contribution >= 0.6 is 0 Å². The van der Waals surface area contributed by atoms with Crippen LogP contribution < -0.4 is 5.32 Å². The summed E-state index contributed by atoms with van der Waals surface area (Å²) in [6, 6.07) is 3.90. The van der Waals surface area contributed by atoms with Gasteiger partial charge in [-0.25, -0.2) is 0 Å². The average Bonchev–Trinajstić information content (AvgIpc) is 3.30. The SMILES string of the molecule is CCC(C#N)(CCCN(C)C1CCN(C)CC1)NC1CC1. The number of nitrogens with zero attached hydrogens (tertiary/aromatic N) is 3. The second-order valence-corrected chi connectivity index (χ2v) is 7.08. The van der Waals surface area contributed by atoms with E-state index in [9.17, 15) is 5.26 Å². The van der Waals surface area contributed by atoms with Crippen molar-refractivity contribution in [3.63, 3.8) is 0 Å². The van der Waals surface area contributed by atoms with E-state index in [-0.39, 0.29) is 5.54 Å². The van der Waals surface area contributed by atoms with Gasteiger partial charge in [-0.3, -0.25) is 5.32 Å². The summed E-state index contributed by atoms with van der Waals surface area (Å²) in [5.41, 5.74) is -0.283. The number of hydrogen-bond acceptors (Lipinski definition) is 4. The zero-order valence-corrected chi connectivity index (χ0v) is 14.1. The first-order valence-corrected chi connectivity index (χ1v) is 8.66. The van der Waals surface area contributed by atoms with Gasteiger partial charge in [-0.05, 0) is 78.7 Å². The van der Waals surface area contributed by atoms with Gasteiger partial charge in [-0.2, -0.15) is 5.26 Å². The normalized spacial score (nSPS) is 24.0. The van der Waals surface area contributed by atoms with Crippen molar-refractivity contribution >= 4 is 0 Å². The molecule has 0 radical (unpaired) electrons. The molecule has 1 aliphatic heterocycles. The van der Waals surface area contributed by atoms with Gasteiger partial charge in [0.15, 0.2) is 0 Å². The van der Waals surface area contributed by atoms with Crippen molar-refractivity contribution in [3.05, 3.63) is 0 Å². The molecule has 21 heavy (non-hydrogen) atoms. The number of nitriles is 1. The predicted octanol–water partition coefficient (Wildman–Crippen LogP) is 2.22. The summed E-state index contributed by atoms with van der Waals surface area (Å²) in [6.07, 6.45) is 8.07. The van der Waals surface area contributed by atoms with Gasteiger partial charge < -0.3 is 9.80 Å². The molecule has 2 aliphatic rings. The van der Waals surface area contributed by atoms with Gasteiger partial charge >= 0.3 is 0 Å². The molecular formula is C17H32N4. The molecule has 4 heteroatoms. The maximum absolute atomic E-state index is 9.56. The van der Waals surface area contributed by atoms with E-state index in [0.717, 1.165) is 31.8 Å². The predicted molar refractivity (Wildman–Crippen MR) is 87.2 cm³/mol. The van der Waals surface area contributed by atoms with Crippen molar-refractivity contribution in [2.75, 3.05) is 33.7 Å². The van der Waals surface area contributed by atoms with Crippen molar-refractivity contribution in [1.82, 2.24) is 15.1 Å². The Balaban J connectivity index is 1.72. The number of likely N-dealkylation sites (tertiary alicyclic amines) is 1. The van der Waals surface area contributed by atoms with Gasteiger partial charge in [0.1, 0.15) is 5.54 Å². The lowest BCUT2D eigenvalue weighted by molar-refractivity contribution is 0.140. The Labute approximate surface area is 130 Å². The maximum Gasteiger partial charge on any atom is 0.106 e. The van der Waals surface area contributed by atoms with Gasteiger partial charge in [0.05, 0.1) is 6.07 Å². The lowest BCUT2D eigenvalue weighted by Crippen LogP contribution is -2.46. The zero-order valence-electron chi connectivity index (χ0n) is 14.1. The topological polar surface area (TPSA) is 42.3 Å². The molecule has 0 spiro atoms. The lowest BCUT2D eigenvalue weighted by Gasteiger charge is -2.35. The quantitative estimate of drug-likeness (QED) is 0.745. The Bertz CT molecular complexity index is 352. The van der Waals surface area contributed by atoms with Crippen LogP contribution in [-0.4, -0.2) is 61.2 Å². The molecule has 120 valence electrons. The van der Waals surface area contributed by atoms with Gasteiger partial charge in [0.2, 0.25) is 0 Å². The molecule has 2 rings (SSSR count). The Morgan fingerprint density at radius 3 is 2.48 bits per heavy atom. The standard InChI is InChI=1S/C17H32N4/c1-4-17(14-18,19-15-6-7-15)10-5-11-21(3)16-8-12-20(2)13-9-16/h15-16,19H,4-13H2,1-3H3. The number of nitrogens with one attached hydrogen (secondary N) is 1. The summed E-state index contributed by atoms with van der Waals surface area (Å²) in [5, 5.41) is 13.1. The van der Waals surface area contributed by atoms with Crippen LogP contribution in [-0.2, 0) is 0 Å². The number of rotatable bonds is 8. The number of piperidine rings is 1. The maximum atomic E-state index is 9.56. The van der Waals surface area contributed by atoms with E-state index in [2.05, 4.69) is 42.2 Å². The Kier molecular flexibility index (Phi) is 6.04. The van der Waals surface area contributed by atoms with Crippen LogP contribution in [0.2, 0.25) is 0 Å². The molecule has 1 atom stereocenters. The van der Waals surface area contributed by atoms with Gasteiger partial charge in [-0.1, -0.05) is 6.92 Å². The largest absolute Gasteiger partial charge is 0.306 e. The molecule has 0 aromatic heterocycles. The van der Waals surface area contributed by atoms with Gasteiger partial charge in [-0.15, -0.1) is 0 Å². The molecule has 0 bridgehead atoms. The zero-order chi connectivity index (χ0) is 15.3. The first-order chi connectivity index (χ1) is 10.1. The fourth-order valence-electron chi connectivity index (χ4n) is 3.39. The molecule has 1 N–H and O–H groups in total. The Hall–Kier alpha value is -0.630. The molecule has 0 amide bonds. The first kappa shape index (κ1) is 16.7. The third-order valence-corrected chi connectivity index (χ3v) is 5.30. The van der Waals surface area contributed by atoms with Crippen molar-refractivity contribution in [2.45, 2.75) is 69.5 Å². The highest BCUT2D eigenvalue weighted by Crippen LogP contribution is 2.27. The Morgan fingerprint density at radius 2 is 1.95 bits per heavy atom. The Morgan fingerprint density at radius 1 is 1.29 bits per heavy atom. The smallest absolute Gasteiger partial charge is 0.106 e. The minimum atomic E-state index is -0.283. The van der Waals surface area contributed by atoms with E-state index < -0.39 is 0 Å². The molecule has 1 unspecified atom stereocenters. The fraction of sp³-hybridized carbons (Fsp3) is 0.941. The van der Waals surface area contributed by atoms with E-state index in [1.54, 1.807) is 0 Å². The molecule has 1 saturated carbocycles. The van der Waals surface area contributed by atoms with Crippen molar-refractivity contribution in [1.29, 1.82) is 5.26 Å². The minimum Gasteiger partial charge on any atom is -0.306 e. The second kappa shape index (κ2) is 7.58. The van der Waals surface area contributed by atoms with Crippen LogP contribution in [0.1, 0.15) is 51.9 Å². The lowest BCUT2D eigenvalue weighted by atomic mass is 9.91. The molecule has 4 nitrogen and oxygen atoms in total. The van der Waals surface area contributed by atoms with Crippen molar-refractivity contribution in [3.8, 4) is 6.07 Å². The summed E-state index contributed by atoms with van der Waals surface area (Å²) in [5.74, 6) is 0. The van der Waals surface area contributed by atoms with E-state index >= 15 is 0 Å². The third-order valence-electron chi connectivity index (χ3n) is 5.30. The summed E-state index contributed by atoms with van der Waals surface area (Å²) in [4.78, 5) is 4.93. The molecule has 2 fully saturated rings. The number of hydrogen-bond donors (Lipinski definition) is 1. The molecule has 1 saturated heterocycles. The van der Waals surface area contributed by atoms with Crippen LogP contribution in [0.15, 0.2) is 0 Å². The summed E-state index contributed by atoms with van der Waals surface area (Å²) < 4.78 is 0. The van der Waals surface area contributed by atoms with E-state index in [1.807, 2.05) is 0 Å². The van der Waals surface area contributed by atoms with E-state index in [4.69, 9.17) is 0 Å². The highest BCUT2D eigenvalue weighted by atomic mass is 15.2. The van der Waals surface area contributed by atoms with Crippen LogP contribution in [0.4, 0.5) is 0 Å². The van der Waals surface area contributed by atoms with Crippen LogP contribution in [0, 0.1) is 11.3 Å². The van der Waals surface area contributed by atoms with Crippen LogP contribution in [0.25, 0.3) is 0 Å². The van der Waals surface area contributed by atoms with E-state index in [0.29, 0.717) is 6.04 Å². The molecule has 1 aliphatic carbocycles. The first-order valence-electron chi connectivity index (χ1n) is 8.66. The highest BCUT2D eigenvalue weighted by molar-refractivity contribution is 5.09. The summed E-state index contributed by atoms with van der Waals surface area (Å²) in [6.45, 7) is 5.69. The van der Waals surface area contributed by atoms with Crippen LogP contribution in [0.5, 0.6) is 0 Å². The monoisotopic (exact) mass is 292 g/mol.